The van der Waals surface area contributed by atoms with E-state index in [1.165, 1.54) is 31.0 Å². The average molecular weight is 392 g/mol. The minimum absolute atomic E-state index is 0.0319. The van der Waals surface area contributed by atoms with Crippen LogP contribution in [0.25, 0.3) is 11.4 Å². The van der Waals surface area contributed by atoms with Crippen molar-refractivity contribution in [3.05, 3.63) is 54.4 Å². The third kappa shape index (κ3) is 3.26. The highest BCUT2D eigenvalue weighted by atomic mass is 32.2. The maximum Gasteiger partial charge on any atom is 0.257 e. The van der Waals surface area contributed by atoms with Gasteiger partial charge in [-0.1, -0.05) is 30.3 Å². The molecule has 0 bridgehead atoms. The van der Waals surface area contributed by atoms with E-state index in [4.69, 9.17) is 0 Å². The summed E-state index contributed by atoms with van der Waals surface area (Å²) in [5, 5.41) is 14.7. The normalized spacial score (nSPS) is 18.6. The highest BCUT2D eigenvalue weighted by molar-refractivity contribution is 8.01. The second-order valence-electron chi connectivity index (χ2n) is 7.11. The molecule has 3 heterocycles. The number of thioether (sulfide) groups is 1. The number of para-hydroxylation sites is 1. The highest BCUT2D eigenvalue weighted by Gasteiger charge is 2.26. The summed E-state index contributed by atoms with van der Waals surface area (Å²) in [6, 6.07) is 16.0. The minimum Gasteiger partial charge on any atom is -0.365 e. The van der Waals surface area contributed by atoms with E-state index in [0.717, 1.165) is 46.4 Å². The van der Waals surface area contributed by atoms with Gasteiger partial charge >= 0.3 is 0 Å². The molecule has 0 radical (unpaired) electrons. The molecule has 6 nitrogen and oxygen atoms in total. The van der Waals surface area contributed by atoms with Crippen molar-refractivity contribution in [3.63, 3.8) is 0 Å². The molecule has 5 rings (SSSR count). The number of anilines is 2. The molecule has 2 aliphatic heterocycles. The van der Waals surface area contributed by atoms with Gasteiger partial charge in [0.25, 0.3) is 5.91 Å². The zero-order valence-electron chi connectivity index (χ0n) is 15.4. The van der Waals surface area contributed by atoms with Crippen LogP contribution in [0.4, 0.5) is 11.4 Å². The Hall–Kier alpha value is -2.80. The van der Waals surface area contributed by atoms with Gasteiger partial charge in [-0.2, -0.15) is 0 Å². The number of carbonyl (C=O) groups excluding carboxylic acids is 1. The summed E-state index contributed by atoms with van der Waals surface area (Å²) in [6.07, 6.45) is 4.61. The third-order valence-electron chi connectivity index (χ3n) is 5.18. The first-order valence-electron chi connectivity index (χ1n) is 9.63. The Bertz CT molecular complexity index is 1010. The van der Waals surface area contributed by atoms with Gasteiger partial charge in [-0.05, 0) is 49.2 Å². The molecule has 0 saturated heterocycles. The summed E-state index contributed by atoms with van der Waals surface area (Å²) in [5.74, 6) is 1.99. The number of nitrogens with zero attached hydrogens (tertiary/aromatic N) is 3. The molecule has 1 aromatic heterocycles. The molecule has 0 spiro atoms. The van der Waals surface area contributed by atoms with Crippen LogP contribution in [0, 0.1) is 0 Å². The van der Waals surface area contributed by atoms with E-state index >= 15 is 0 Å². The predicted octanol–water partition coefficient (Wildman–Crippen LogP) is 4.15. The van der Waals surface area contributed by atoms with Crippen LogP contribution < -0.4 is 10.6 Å². The SMILES string of the molecule is O=C1Nc2ccccc2S[C@@H]1Nc1ccc(-c2nnc3n2CCCCC3)cc1. The number of rotatable bonds is 3. The van der Waals surface area contributed by atoms with Crippen molar-refractivity contribution < 1.29 is 4.79 Å². The van der Waals surface area contributed by atoms with Gasteiger partial charge in [-0.15, -0.1) is 10.2 Å². The lowest BCUT2D eigenvalue weighted by atomic mass is 10.2. The fourth-order valence-electron chi connectivity index (χ4n) is 3.71. The lowest BCUT2D eigenvalue weighted by molar-refractivity contribution is -0.115. The van der Waals surface area contributed by atoms with E-state index < -0.39 is 0 Å². The Labute approximate surface area is 167 Å². The van der Waals surface area contributed by atoms with Crippen molar-refractivity contribution in [2.24, 2.45) is 0 Å². The first kappa shape index (κ1) is 17.3. The molecule has 2 aliphatic rings. The number of aryl methyl sites for hydroxylation is 1. The van der Waals surface area contributed by atoms with Gasteiger partial charge in [0.1, 0.15) is 5.82 Å². The van der Waals surface area contributed by atoms with E-state index in [1.807, 2.05) is 48.5 Å². The minimum atomic E-state index is -0.356. The molecular formula is C21H21N5OS. The molecule has 142 valence electrons. The summed E-state index contributed by atoms with van der Waals surface area (Å²) < 4.78 is 2.25. The van der Waals surface area contributed by atoms with Gasteiger partial charge < -0.3 is 15.2 Å². The number of benzene rings is 2. The monoisotopic (exact) mass is 391 g/mol. The van der Waals surface area contributed by atoms with Crippen molar-refractivity contribution in [1.29, 1.82) is 0 Å². The fraction of sp³-hybridized carbons (Fsp3) is 0.286. The van der Waals surface area contributed by atoms with E-state index in [-0.39, 0.29) is 11.3 Å². The van der Waals surface area contributed by atoms with Gasteiger partial charge in [0.15, 0.2) is 11.2 Å². The van der Waals surface area contributed by atoms with Crippen molar-refractivity contribution in [3.8, 4) is 11.4 Å². The van der Waals surface area contributed by atoms with Crippen molar-refractivity contribution in [1.82, 2.24) is 14.8 Å². The molecule has 3 aromatic rings. The predicted molar refractivity (Wildman–Crippen MR) is 111 cm³/mol. The van der Waals surface area contributed by atoms with Crippen LogP contribution in [-0.2, 0) is 17.8 Å². The second-order valence-corrected chi connectivity index (χ2v) is 8.25. The Morgan fingerprint density at radius 3 is 2.79 bits per heavy atom. The van der Waals surface area contributed by atoms with E-state index in [0.29, 0.717) is 0 Å². The number of nitrogens with one attached hydrogen (secondary N) is 2. The topological polar surface area (TPSA) is 71.8 Å². The summed E-state index contributed by atoms with van der Waals surface area (Å²) in [6.45, 7) is 0.982. The standard InChI is InChI=1S/C21H21N5OS/c27-20-21(28-17-7-4-3-6-16(17)23-20)22-15-11-9-14(10-12-15)19-25-24-18-8-2-1-5-13-26(18)19/h3-4,6-7,9-12,21-22H,1-2,5,8,13H2,(H,23,27)/t21-/m0/s1. The molecule has 28 heavy (non-hydrogen) atoms. The van der Waals surface area contributed by atoms with E-state index in [2.05, 4.69) is 25.4 Å². The smallest absolute Gasteiger partial charge is 0.257 e. The molecule has 0 fully saturated rings. The quantitative estimate of drug-likeness (QED) is 0.702. The molecule has 2 aromatic carbocycles. The summed E-state index contributed by atoms with van der Waals surface area (Å²) in [7, 11) is 0. The number of aromatic nitrogens is 3. The summed E-state index contributed by atoms with van der Waals surface area (Å²) >= 11 is 1.53. The van der Waals surface area contributed by atoms with Gasteiger partial charge in [-0.3, -0.25) is 4.79 Å². The average Bonchev–Trinajstić information content (AvgIpc) is 2.97. The molecule has 0 unspecified atom stereocenters. The molecule has 1 atom stereocenters. The number of fused-ring (bicyclic) bond motifs is 2. The Morgan fingerprint density at radius 1 is 1.04 bits per heavy atom. The van der Waals surface area contributed by atoms with Crippen LogP contribution in [0.3, 0.4) is 0 Å². The Morgan fingerprint density at radius 2 is 1.89 bits per heavy atom. The largest absolute Gasteiger partial charge is 0.365 e. The molecule has 2 N–H and O–H groups in total. The van der Waals surface area contributed by atoms with Crippen LogP contribution in [0.1, 0.15) is 25.1 Å². The number of hydrogen-bond acceptors (Lipinski definition) is 5. The van der Waals surface area contributed by atoms with Crippen LogP contribution >= 0.6 is 11.8 Å². The van der Waals surface area contributed by atoms with Crippen molar-refractivity contribution in [2.45, 2.75) is 42.5 Å². The lowest BCUT2D eigenvalue weighted by Crippen LogP contribution is -2.34. The van der Waals surface area contributed by atoms with Gasteiger partial charge in [0, 0.05) is 29.1 Å². The Balaban J connectivity index is 1.34. The first-order chi connectivity index (χ1) is 13.8. The van der Waals surface area contributed by atoms with Crippen LogP contribution in [0.15, 0.2) is 53.4 Å². The first-order valence-corrected chi connectivity index (χ1v) is 10.5. The zero-order valence-corrected chi connectivity index (χ0v) is 16.2. The molecular weight excluding hydrogens is 370 g/mol. The van der Waals surface area contributed by atoms with Crippen LogP contribution in [-0.4, -0.2) is 26.0 Å². The molecule has 0 saturated carbocycles. The van der Waals surface area contributed by atoms with Crippen LogP contribution in [0.5, 0.6) is 0 Å². The second kappa shape index (κ2) is 7.31. The number of amides is 1. The maximum atomic E-state index is 12.4. The third-order valence-corrected chi connectivity index (χ3v) is 6.36. The molecule has 1 amide bonds. The maximum absolute atomic E-state index is 12.4. The number of carbonyl (C=O) groups is 1. The molecule has 7 heteroatoms. The van der Waals surface area contributed by atoms with Crippen molar-refractivity contribution in [2.75, 3.05) is 10.6 Å². The van der Waals surface area contributed by atoms with Gasteiger partial charge in [0.05, 0.1) is 5.69 Å². The molecule has 0 aliphatic carbocycles. The van der Waals surface area contributed by atoms with Crippen LogP contribution in [0.2, 0.25) is 0 Å². The highest BCUT2D eigenvalue weighted by Crippen LogP contribution is 2.36. The Kier molecular flexibility index (Phi) is 4.52. The lowest BCUT2D eigenvalue weighted by Gasteiger charge is -2.25. The van der Waals surface area contributed by atoms with Gasteiger partial charge in [0.2, 0.25) is 0 Å². The zero-order chi connectivity index (χ0) is 18.9. The van der Waals surface area contributed by atoms with Gasteiger partial charge in [-0.25, -0.2) is 0 Å². The van der Waals surface area contributed by atoms with E-state index in [1.54, 1.807) is 0 Å². The fourth-order valence-corrected chi connectivity index (χ4v) is 4.73. The number of hydrogen-bond donors (Lipinski definition) is 2. The van der Waals surface area contributed by atoms with Crippen molar-refractivity contribution >= 4 is 29.0 Å². The summed E-state index contributed by atoms with van der Waals surface area (Å²) in [4.78, 5) is 13.5. The summed E-state index contributed by atoms with van der Waals surface area (Å²) in [5.41, 5.74) is 2.84. The van der Waals surface area contributed by atoms with E-state index in [9.17, 15) is 4.79 Å².